The van der Waals surface area contributed by atoms with E-state index >= 15 is 0 Å². The summed E-state index contributed by atoms with van der Waals surface area (Å²) in [4.78, 5) is 11.5. The summed E-state index contributed by atoms with van der Waals surface area (Å²) in [5.41, 5.74) is 0. The molecule has 14 nitrogen and oxygen atoms in total. The summed E-state index contributed by atoms with van der Waals surface area (Å²) in [6.07, 6.45) is -2.24. The molecule has 0 aromatic rings. The maximum Gasteiger partial charge on any atom is 0.303 e. The fraction of sp³-hybridized carbons (Fsp3) is 0.875. The molecule has 0 saturated carbocycles. The van der Waals surface area contributed by atoms with Gasteiger partial charge in [0.1, 0.15) is 30.5 Å². The van der Waals surface area contributed by atoms with Gasteiger partial charge in [0.15, 0.2) is 18.7 Å². The van der Waals surface area contributed by atoms with E-state index in [-0.39, 0.29) is 0 Å². The molecule has 38 heavy (non-hydrogen) atoms. The van der Waals surface area contributed by atoms with Gasteiger partial charge >= 0.3 is 5.97 Å². The molecule has 3 aliphatic heterocycles. The van der Waals surface area contributed by atoms with E-state index in [4.69, 9.17) is 18.9 Å². The van der Waals surface area contributed by atoms with Crippen LogP contribution in [-0.4, -0.2) is 143 Å². The first kappa shape index (κ1) is 30.6. The topological polar surface area (TPSA) is 186 Å². The molecular weight excluding hydrogens is 504 g/mol. The third-order valence-corrected chi connectivity index (χ3v) is 6.68. The Morgan fingerprint density at radius 2 is 1.55 bits per heavy atom. The second-order valence-corrected chi connectivity index (χ2v) is 9.69. The zero-order valence-electron chi connectivity index (χ0n) is 21.8. The number of piperidine rings is 2. The molecule has 14 heteroatoms. The Labute approximate surface area is 222 Å². The van der Waals surface area contributed by atoms with Crippen LogP contribution in [0.25, 0.3) is 0 Å². The summed E-state index contributed by atoms with van der Waals surface area (Å²) >= 11 is 0. The van der Waals surface area contributed by atoms with Crippen molar-refractivity contribution in [3.8, 4) is 0 Å². The van der Waals surface area contributed by atoms with Crippen molar-refractivity contribution in [2.45, 2.75) is 94.7 Å². The predicted molar refractivity (Wildman–Crippen MR) is 134 cm³/mol. The Morgan fingerprint density at radius 1 is 0.974 bits per heavy atom. The molecule has 0 spiro atoms. The molecule has 0 aromatic carbocycles. The lowest BCUT2D eigenvalue weighted by molar-refractivity contribution is -0.315. The number of hydrogen-bond donors (Lipinski definition) is 5. The molecule has 0 aliphatic carbocycles. The first-order valence-electron chi connectivity index (χ1n) is 13.3. The number of carbonyl (C=O) groups is 1. The Kier molecular flexibility index (Phi) is 12.6. The van der Waals surface area contributed by atoms with Crippen LogP contribution in [0.15, 0.2) is 10.2 Å². The molecule has 0 bridgehead atoms. The summed E-state index contributed by atoms with van der Waals surface area (Å²) in [5.74, 6) is -0.749. The van der Waals surface area contributed by atoms with Crippen molar-refractivity contribution in [1.82, 2.24) is 10.0 Å². The van der Waals surface area contributed by atoms with Crippen molar-refractivity contribution >= 4 is 18.4 Å². The van der Waals surface area contributed by atoms with E-state index in [0.29, 0.717) is 0 Å². The maximum atomic E-state index is 11.5. The average Bonchev–Trinajstić information content (AvgIpc) is 2.93. The molecule has 3 saturated heterocycles. The summed E-state index contributed by atoms with van der Waals surface area (Å²) in [5, 5.41) is 63.7. The van der Waals surface area contributed by atoms with Gasteiger partial charge in [0.25, 0.3) is 0 Å². The molecule has 3 heterocycles. The van der Waals surface area contributed by atoms with Crippen molar-refractivity contribution in [2.75, 3.05) is 39.4 Å². The summed E-state index contributed by atoms with van der Waals surface area (Å²) in [7, 11) is 0. The second kappa shape index (κ2) is 15.6. The van der Waals surface area contributed by atoms with Gasteiger partial charge in [0.2, 0.25) is 0 Å². The van der Waals surface area contributed by atoms with Crippen molar-refractivity contribution in [3.05, 3.63) is 0 Å². The van der Waals surface area contributed by atoms with Gasteiger partial charge < -0.3 is 44.5 Å². The third kappa shape index (κ3) is 9.09. The Balaban J connectivity index is 1.75. The molecule has 3 aliphatic rings. The average molecular weight is 547 g/mol. The minimum Gasteiger partial charge on any atom is -0.457 e. The van der Waals surface area contributed by atoms with Crippen LogP contribution in [0.3, 0.4) is 0 Å². The van der Waals surface area contributed by atoms with E-state index < -0.39 is 68.4 Å². The fourth-order valence-corrected chi connectivity index (χ4v) is 4.61. The molecule has 218 valence electrons. The van der Waals surface area contributed by atoms with Crippen LogP contribution in [0, 0.1) is 0 Å². The summed E-state index contributed by atoms with van der Waals surface area (Å²) in [6, 6.07) is 0. The highest BCUT2D eigenvalue weighted by Crippen LogP contribution is 2.26. The Hall–Kier alpha value is -1.91. The van der Waals surface area contributed by atoms with Crippen LogP contribution in [0.4, 0.5) is 0 Å². The van der Waals surface area contributed by atoms with Gasteiger partial charge in [-0.25, -0.2) is 0 Å². The summed E-state index contributed by atoms with van der Waals surface area (Å²) in [6.45, 7) is 2.91. The maximum absolute atomic E-state index is 11.5. The molecule has 0 amide bonds. The number of hydrazone groups is 2. The largest absolute Gasteiger partial charge is 0.457 e. The number of aliphatic hydroxyl groups excluding tert-OH is 5. The van der Waals surface area contributed by atoms with Crippen molar-refractivity contribution < 1.29 is 49.3 Å². The van der Waals surface area contributed by atoms with Crippen molar-refractivity contribution in [2.24, 2.45) is 10.2 Å². The number of ether oxygens (including phenoxy) is 4. The standard InChI is InChI=1S/C24H42N4O10/c1-16(31)35-23-21(33)19(15-30)38-24(22(23)34)37-17(12-25-27-8-4-2-5-9-27)18(14-29)36-20(32)13-26-28-10-6-3-7-11-28/h12-13,17-24,29-30,32-34H,2-11,14-15H2,1H3/b25-12-,26-13+/t17-,18+,19-,20-,21+,22+,23+,24-/m0/s1. The van der Waals surface area contributed by atoms with Crippen LogP contribution < -0.4 is 0 Å². The monoisotopic (exact) mass is 546 g/mol. The zero-order valence-corrected chi connectivity index (χ0v) is 21.8. The molecule has 0 aromatic heterocycles. The second-order valence-electron chi connectivity index (χ2n) is 9.69. The van der Waals surface area contributed by atoms with Gasteiger partial charge in [0, 0.05) is 33.1 Å². The number of esters is 1. The van der Waals surface area contributed by atoms with Gasteiger partial charge in [-0.05, 0) is 38.5 Å². The predicted octanol–water partition coefficient (Wildman–Crippen LogP) is -1.62. The highest BCUT2D eigenvalue weighted by atomic mass is 16.7. The molecule has 3 fully saturated rings. The highest BCUT2D eigenvalue weighted by Gasteiger charge is 2.48. The lowest BCUT2D eigenvalue weighted by Crippen LogP contribution is -2.61. The van der Waals surface area contributed by atoms with E-state index in [9.17, 15) is 30.3 Å². The number of nitrogens with zero attached hydrogens (tertiary/aromatic N) is 4. The van der Waals surface area contributed by atoms with Crippen molar-refractivity contribution in [3.63, 3.8) is 0 Å². The zero-order chi connectivity index (χ0) is 27.5. The van der Waals surface area contributed by atoms with E-state index in [1.807, 2.05) is 10.0 Å². The minimum atomic E-state index is -1.63. The van der Waals surface area contributed by atoms with Crippen LogP contribution >= 0.6 is 0 Å². The lowest BCUT2D eigenvalue weighted by Gasteiger charge is -2.42. The number of carbonyl (C=O) groups excluding carboxylic acids is 1. The Morgan fingerprint density at radius 3 is 2.08 bits per heavy atom. The van der Waals surface area contributed by atoms with E-state index in [0.717, 1.165) is 71.6 Å². The van der Waals surface area contributed by atoms with E-state index in [2.05, 4.69) is 10.2 Å². The molecule has 8 atom stereocenters. The number of rotatable bonds is 12. The first-order chi connectivity index (χ1) is 18.3. The van der Waals surface area contributed by atoms with Gasteiger partial charge in [-0.15, -0.1) is 0 Å². The van der Waals surface area contributed by atoms with Gasteiger partial charge in [-0.1, -0.05) is 0 Å². The number of hydrogen-bond acceptors (Lipinski definition) is 14. The van der Waals surface area contributed by atoms with Crippen LogP contribution in [0.1, 0.15) is 45.4 Å². The van der Waals surface area contributed by atoms with Gasteiger partial charge in [-0.2, -0.15) is 10.2 Å². The first-order valence-corrected chi connectivity index (χ1v) is 13.3. The van der Waals surface area contributed by atoms with Gasteiger partial charge in [-0.3, -0.25) is 14.8 Å². The van der Waals surface area contributed by atoms with Crippen LogP contribution in [-0.2, 0) is 23.7 Å². The van der Waals surface area contributed by atoms with Gasteiger partial charge in [0.05, 0.1) is 25.6 Å². The third-order valence-electron chi connectivity index (χ3n) is 6.68. The molecule has 0 unspecified atom stereocenters. The summed E-state index contributed by atoms with van der Waals surface area (Å²) < 4.78 is 22.1. The Bertz CT molecular complexity index is 762. The molecular formula is C24H42N4O10. The minimum absolute atomic E-state index is 0.590. The lowest BCUT2D eigenvalue weighted by atomic mass is 9.99. The fourth-order valence-electron chi connectivity index (χ4n) is 4.61. The van der Waals surface area contributed by atoms with Crippen LogP contribution in [0.5, 0.6) is 0 Å². The molecule has 0 radical (unpaired) electrons. The normalized spacial score (nSPS) is 31.5. The van der Waals surface area contributed by atoms with E-state index in [1.54, 1.807) is 0 Å². The highest BCUT2D eigenvalue weighted by molar-refractivity contribution is 5.66. The van der Waals surface area contributed by atoms with E-state index in [1.165, 1.54) is 12.4 Å². The molecule has 5 N–H and O–H groups in total. The quantitative estimate of drug-likeness (QED) is 0.107. The SMILES string of the molecule is CC(=O)O[C@H]1[C@@H](O)[C@@H](O[C@@H](/C=N\N2CCCCC2)[C@@H](CO)O[C@H](O)/C=N/N2CCCCC2)O[C@@H](CO)[C@H]1O. The number of aliphatic hydroxyl groups is 5. The smallest absolute Gasteiger partial charge is 0.303 e. The molecule has 3 rings (SSSR count). The van der Waals surface area contributed by atoms with Crippen LogP contribution in [0.2, 0.25) is 0 Å². The van der Waals surface area contributed by atoms with Crippen molar-refractivity contribution in [1.29, 1.82) is 0 Å².